The average molecular weight is 317 g/mol. The third-order valence-electron chi connectivity index (χ3n) is 1.78. The minimum absolute atomic E-state index is 0.0560. The van der Waals surface area contributed by atoms with Crippen molar-refractivity contribution < 1.29 is 4.79 Å². The van der Waals surface area contributed by atoms with Gasteiger partial charge >= 0.3 is 6.03 Å². The lowest BCUT2D eigenvalue weighted by Crippen LogP contribution is -2.34. The monoisotopic (exact) mass is 316 g/mol. The van der Waals surface area contributed by atoms with Crippen LogP contribution in [0.3, 0.4) is 0 Å². The lowest BCUT2D eigenvalue weighted by Gasteiger charge is -2.10. The van der Waals surface area contributed by atoms with Crippen LogP contribution in [-0.2, 0) is 0 Å². The smallest absolute Gasteiger partial charge is 0.320 e. The predicted molar refractivity (Wildman–Crippen MR) is 75.1 cm³/mol. The van der Waals surface area contributed by atoms with Gasteiger partial charge in [-0.25, -0.2) is 9.78 Å². The lowest BCUT2D eigenvalue weighted by atomic mass is 10.2. The minimum atomic E-state index is -0.316. The third kappa shape index (κ3) is 4.27. The lowest BCUT2D eigenvalue weighted by molar-refractivity contribution is 0.250. The molecule has 0 aliphatic heterocycles. The molecule has 0 atom stereocenters. The Morgan fingerprint density at radius 2 is 2.24 bits per heavy atom. The number of carbonyl (C=O) groups excluding carboxylic acids is 1. The van der Waals surface area contributed by atoms with E-state index in [1.54, 1.807) is 12.3 Å². The van der Waals surface area contributed by atoms with Gasteiger partial charge < -0.3 is 11.1 Å². The van der Waals surface area contributed by atoms with Crippen LogP contribution in [0.5, 0.6) is 0 Å². The molecule has 17 heavy (non-hydrogen) atoms. The Hall–Kier alpha value is -1.21. The van der Waals surface area contributed by atoms with Crippen LogP contribution in [0.25, 0.3) is 0 Å². The minimum Gasteiger partial charge on any atom is -0.389 e. The fraction of sp³-hybridized carbons (Fsp3) is 0.300. The molecule has 1 aromatic rings. The number of aromatic nitrogens is 1. The van der Waals surface area contributed by atoms with E-state index in [9.17, 15) is 4.79 Å². The fourth-order valence-electron chi connectivity index (χ4n) is 1.11. The second-order valence-electron chi connectivity index (χ2n) is 3.67. The number of rotatable bonds is 3. The zero-order valence-electron chi connectivity index (χ0n) is 9.45. The van der Waals surface area contributed by atoms with E-state index in [2.05, 4.69) is 31.5 Å². The van der Waals surface area contributed by atoms with Gasteiger partial charge in [0.25, 0.3) is 0 Å². The Balaban J connectivity index is 2.82. The number of nitrogens with one attached hydrogen (secondary N) is 2. The Kier molecular flexibility index (Phi) is 4.83. The summed E-state index contributed by atoms with van der Waals surface area (Å²) in [6.07, 6.45) is 1.54. The maximum Gasteiger partial charge on any atom is 0.320 e. The highest BCUT2D eigenvalue weighted by atomic mass is 79.9. The van der Waals surface area contributed by atoms with Crippen LogP contribution >= 0.6 is 28.1 Å². The maximum absolute atomic E-state index is 11.5. The Morgan fingerprint density at radius 3 is 2.76 bits per heavy atom. The summed E-state index contributed by atoms with van der Waals surface area (Å²) >= 11 is 8.16. The van der Waals surface area contributed by atoms with Crippen molar-refractivity contribution in [2.45, 2.75) is 19.9 Å². The normalized spacial score (nSPS) is 10.1. The molecule has 4 N–H and O–H groups in total. The summed E-state index contributed by atoms with van der Waals surface area (Å²) in [4.78, 5) is 15.7. The Morgan fingerprint density at radius 1 is 1.59 bits per heavy atom. The SMILES string of the molecule is CC(C)NC(=O)Nc1cc(C(N)=S)c(Br)cn1. The van der Waals surface area contributed by atoms with Gasteiger partial charge in [-0.2, -0.15) is 0 Å². The van der Waals surface area contributed by atoms with Gasteiger partial charge in [-0.1, -0.05) is 12.2 Å². The number of urea groups is 1. The number of nitrogens with zero attached hydrogens (tertiary/aromatic N) is 1. The van der Waals surface area contributed by atoms with Gasteiger partial charge in [0, 0.05) is 22.3 Å². The molecule has 0 aliphatic rings. The van der Waals surface area contributed by atoms with E-state index < -0.39 is 0 Å². The van der Waals surface area contributed by atoms with Crippen LogP contribution in [0.1, 0.15) is 19.4 Å². The van der Waals surface area contributed by atoms with Gasteiger partial charge in [0.05, 0.1) is 0 Å². The van der Waals surface area contributed by atoms with E-state index in [4.69, 9.17) is 18.0 Å². The summed E-state index contributed by atoms with van der Waals surface area (Å²) in [5.41, 5.74) is 6.17. The number of pyridine rings is 1. The first-order valence-electron chi connectivity index (χ1n) is 4.93. The Bertz CT molecular complexity index is 450. The van der Waals surface area contributed by atoms with E-state index in [0.29, 0.717) is 15.9 Å². The molecule has 5 nitrogen and oxygen atoms in total. The second-order valence-corrected chi connectivity index (χ2v) is 4.96. The van der Waals surface area contributed by atoms with Crippen LogP contribution in [-0.4, -0.2) is 22.0 Å². The van der Waals surface area contributed by atoms with Crippen molar-refractivity contribution in [3.63, 3.8) is 0 Å². The van der Waals surface area contributed by atoms with Crippen LogP contribution < -0.4 is 16.4 Å². The van der Waals surface area contributed by atoms with Gasteiger partial charge in [0.2, 0.25) is 0 Å². The quantitative estimate of drug-likeness (QED) is 0.745. The molecule has 92 valence electrons. The molecular formula is C10H13BrN4OS. The van der Waals surface area contributed by atoms with Crippen LogP contribution in [0.4, 0.5) is 10.6 Å². The van der Waals surface area contributed by atoms with E-state index in [1.165, 1.54) is 0 Å². The van der Waals surface area contributed by atoms with E-state index in [0.717, 1.165) is 0 Å². The first kappa shape index (κ1) is 13.9. The Labute approximate surface area is 113 Å². The van der Waals surface area contributed by atoms with Crippen molar-refractivity contribution in [1.82, 2.24) is 10.3 Å². The summed E-state index contributed by atoms with van der Waals surface area (Å²) in [6.45, 7) is 3.74. The standard InChI is InChI=1S/C10H13BrN4OS/c1-5(2)14-10(16)15-8-3-6(9(12)17)7(11)4-13-8/h3-5H,1-2H3,(H2,12,17)(H2,13,14,15,16). The van der Waals surface area contributed by atoms with E-state index in [1.807, 2.05) is 13.8 Å². The number of hydrogen-bond donors (Lipinski definition) is 3. The van der Waals surface area contributed by atoms with Gasteiger partial charge in [-0.15, -0.1) is 0 Å². The first-order valence-corrected chi connectivity index (χ1v) is 6.13. The van der Waals surface area contributed by atoms with E-state index in [-0.39, 0.29) is 17.1 Å². The molecule has 0 aromatic carbocycles. The van der Waals surface area contributed by atoms with Crippen molar-refractivity contribution in [3.8, 4) is 0 Å². The number of hydrogen-bond acceptors (Lipinski definition) is 3. The highest BCUT2D eigenvalue weighted by Crippen LogP contribution is 2.18. The molecule has 0 saturated heterocycles. The molecule has 2 amide bonds. The molecule has 1 heterocycles. The molecule has 1 aromatic heterocycles. The van der Waals surface area contributed by atoms with Crippen molar-refractivity contribution >= 4 is 45.0 Å². The van der Waals surface area contributed by atoms with E-state index >= 15 is 0 Å². The molecule has 7 heteroatoms. The number of anilines is 1. The largest absolute Gasteiger partial charge is 0.389 e. The number of nitrogens with two attached hydrogens (primary N) is 1. The topological polar surface area (TPSA) is 80.0 Å². The number of thiocarbonyl (C=S) groups is 1. The maximum atomic E-state index is 11.5. The third-order valence-corrected chi connectivity index (χ3v) is 2.63. The summed E-state index contributed by atoms with van der Waals surface area (Å²) in [5, 5.41) is 5.29. The van der Waals surface area contributed by atoms with Gasteiger partial charge in [0.15, 0.2) is 0 Å². The van der Waals surface area contributed by atoms with Gasteiger partial charge in [-0.05, 0) is 35.8 Å². The summed E-state index contributed by atoms with van der Waals surface area (Å²) in [5.74, 6) is 0.397. The molecule has 0 radical (unpaired) electrons. The zero-order chi connectivity index (χ0) is 13.0. The molecule has 1 rings (SSSR count). The summed E-state index contributed by atoms with van der Waals surface area (Å²) in [6, 6.07) is 1.36. The van der Waals surface area contributed by atoms with Gasteiger partial charge in [-0.3, -0.25) is 5.32 Å². The van der Waals surface area contributed by atoms with Crippen LogP contribution in [0, 0.1) is 0 Å². The highest BCUT2D eigenvalue weighted by molar-refractivity contribution is 9.10. The van der Waals surface area contributed by atoms with Crippen molar-refractivity contribution in [2.24, 2.45) is 5.73 Å². The van der Waals surface area contributed by atoms with Crippen LogP contribution in [0.2, 0.25) is 0 Å². The molecule has 0 unspecified atom stereocenters. The highest BCUT2D eigenvalue weighted by Gasteiger charge is 2.08. The zero-order valence-corrected chi connectivity index (χ0v) is 11.9. The average Bonchev–Trinajstić information content (AvgIpc) is 2.19. The predicted octanol–water partition coefficient (Wildman–Crippen LogP) is 2.01. The molecule has 0 aliphatic carbocycles. The van der Waals surface area contributed by atoms with Gasteiger partial charge in [0.1, 0.15) is 10.8 Å². The number of amides is 2. The van der Waals surface area contributed by atoms with Crippen molar-refractivity contribution in [3.05, 3.63) is 22.3 Å². The first-order chi connectivity index (χ1) is 7.90. The molecule has 0 spiro atoms. The molecule has 0 bridgehead atoms. The summed E-state index contributed by atoms with van der Waals surface area (Å²) in [7, 11) is 0. The summed E-state index contributed by atoms with van der Waals surface area (Å²) < 4.78 is 0.694. The number of halogens is 1. The second kappa shape index (κ2) is 5.92. The van der Waals surface area contributed by atoms with Crippen molar-refractivity contribution in [2.75, 3.05) is 5.32 Å². The molecule has 0 fully saturated rings. The van der Waals surface area contributed by atoms with Crippen LogP contribution in [0.15, 0.2) is 16.7 Å². The molecular weight excluding hydrogens is 304 g/mol. The number of carbonyl (C=O) groups is 1. The van der Waals surface area contributed by atoms with Crippen molar-refractivity contribution in [1.29, 1.82) is 0 Å². The molecule has 0 saturated carbocycles. The fourth-order valence-corrected chi connectivity index (χ4v) is 1.84.